The van der Waals surface area contributed by atoms with Crippen LogP contribution in [-0.2, 0) is 0 Å². The third-order valence-electron chi connectivity index (χ3n) is 6.92. The van der Waals surface area contributed by atoms with Crippen molar-refractivity contribution < 1.29 is 0 Å². The zero-order chi connectivity index (χ0) is 23.1. The van der Waals surface area contributed by atoms with Crippen LogP contribution in [0.25, 0.3) is 0 Å². The Hall–Kier alpha value is -0.780. The summed E-state index contributed by atoms with van der Waals surface area (Å²) in [6.07, 6.45) is 11.5. The van der Waals surface area contributed by atoms with E-state index in [0.29, 0.717) is 5.92 Å². The van der Waals surface area contributed by atoms with Crippen molar-refractivity contribution in [2.75, 3.05) is 0 Å². The predicted octanol–water partition coefficient (Wildman–Crippen LogP) is 10.4. The van der Waals surface area contributed by atoms with Crippen LogP contribution in [0.1, 0.15) is 131 Å². The first kappa shape index (κ1) is 29.2. The van der Waals surface area contributed by atoms with Crippen LogP contribution in [0.2, 0.25) is 0 Å². The SMILES string of the molecule is CC1CCC(C(C)C)CC1.CCC(C)CCCC(C)C.Cc1ccc(C(C)C)cc1. The van der Waals surface area contributed by atoms with Crippen LogP contribution in [0, 0.1) is 36.5 Å². The number of rotatable bonds is 7. The molecule has 176 valence electrons. The number of hydrogen-bond acceptors (Lipinski definition) is 0. The number of hydrogen-bond donors (Lipinski definition) is 0. The summed E-state index contributed by atoms with van der Waals surface area (Å²) in [4.78, 5) is 0. The summed E-state index contributed by atoms with van der Waals surface area (Å²) in [6, 6.07) is 8.71. The van der Waals surface area contributed by atoms with Crippen LogP contribution in [0.5, 0.6) is 0 Å². The summed E-state index contributed by atoms with van der Waals surface area (Å²) in [5.74, 6) is 5.46. The molecule has 0 spiro atoms. The molecule has 1 aliphatic carbocycles. The second-order valence-corrected chi connectivity index (χ2v) is 11.2. The molecule has 0 N–H and O–H groups in total. The Labute approximate surface area is 191 Å². The number of aryl methyl sites for hydroxylation is 1. The van der Waals surface area contributed by atoms with E-state index in [1.54, 1.807) is 0 Å². The highest BCUT2D eigenvalue weighted by Gasteiger charge is 2.20. The summed E-state index contributed by atoms with van der Waals surface area (Å²) >= 11 is 0. The molecule has 1 aromatic carbocycles. The van der Waals surface area contributed by atoms with Crippen molar-refractivity contribution in [2.45, 2.75) is 127 Å². The molecule has 0 heterocycles. The molecule has 1 aliphatic rings. The van der Waals surface area contributed by atoms with Gasteiger partial charge in [0.15, 0.2) is 0 Å². The van der Waals surface area contributed by atoms with Crippen molar-refractivity contribution in [2.24, 2.45) is 29.6 Å². The maximum Gasteiger partial charge on any atom is -0.0219 e. The Morgan fingerprint density at radius 1 is 0.800 bits per heavy atom. The first-order chi connectivity index (χ1) is 14.1. The highest BCUT2D eigenvalue weighted by molar-refractivity contribution is 5.23. The molecule has 0 radical (unpaired) electrons. The predicted molar refractivity (Wildman–Crippen MR) is 139 cm³/mol. The lowest BCUT2D eigenvalue weighted by Crippen LogP contribution is -2.16. The fraction of sp³-hybridized carbons (Fsp3) is 0.800. The van der Waals surface area contributed by atoms with Crippen molar-refractivity contribution in [3.8, 4) is 0 Å². The molecule has 0 aliphatic heterocycles. The average Bonchev–Trinajstić information content (AvgIpc) is 2.69. The van der Waals surface area contributed by atoms with Gasteiger partial charge in [0, 0.05) is 0 Å². The van der Waals surface area contributed by atoms with E-state index in [-0.39, 0.29) is 0 Å². The smallest absolute Gasteiger partial charge is 0.0219 e. The highest BCUT2D eigenvalue weighted by Crippen LogP contribution is 2.32. The summed E-state index contributed by atoms with van der Waals surface area (Å²) in [5, 5.41) is 0. The Balaban J connectivity index is 0.000000420. The molecule has 0 bridgehead atoms. The Kier molecular flexibility index (Phi) is 16.4. The lowest BCUT2D eigenvalue weighted by molar-refractivity contribution is 0.234. The standard InChI is InChI=1S/C10H20.C10H14.C10H22/c2*1-8(2)10-6-4-9(3)5-7-10;1-5-10(4)8-6-7-9(2)3/h8-10H,4-7H2,1-3H3;4-8H,1-3H3;9-10H,5-8H2,1-4H3. The summed E-state index contributed by atoms with van der Waals surface area (Å²) in [5.41, 5.74) is 2.76. The lowest BCUT2D eigenvalue weighted by Gasteiger charge is -2.28. The van der Waals surface area contributed by atoms with Gasteiger partial charge in [-0.15, -0.1) is 0 Å². The summed E-state index contributed by atoms with van der Waals surface area (Å²) < 4.78 is 0. The van der Waals surface area contributed by atoms with E-state index in [9.17, 15) is 0 Å². The zero-order valence-corrected chi connectivity index (χ0v) is 22.4. The largest absolute Gasteiger partial charge is 0.0651 e. The minimum atomic E-state index is 0.653. The van der Waals surface area contributed by atoms with E-state index in [0.717, 1.165) is 29.6 Å². The molecule has 1 fully saturated rings. The Morgan fingerprint density at radius 2 is 1.33 bits per heavy atom. The van der Waals surface area contributed by atoms with Crippen LogP contribution >= 0.6 is 0 Å². The molecule has 0 heteroatoms. The maximum atomic E-state index is 2.39. The van der Waals surface area contributed by atoms with Crippen molar-refractivity contribution in [1.29, 1.82) is 0 Å². The minimum absolute atomic E-state index is 0.653. The van der Waals surface area contributed by atoms with Crippen molar-refractivity contribution in [1.82, 2.24) is 0 Å². The fourth-order valence-corrected chi connectivity index (χ4v) is 3.98. The number of benzene rings is 1. The monoisotopic (exact) mass is 416 g/mol. The van der Waals surface area contributed by atoms with E-state index in [1.165, 1.54) is 62.5 Å². The normalized spacial score (nSPS) is 19.8. The minimum Gasteiger partial charge on any atom is -0.0651 e. The average molecular weight is 417 g/mol. The Bertz CT molecular complexity index is 483. The van der Waals surface area contributed by atoms with Gasteiger partial charge in [-0.2, -0.15) is 0 Å². The summed E-state index contributed by atoms with van der Waals surface area (Å²) in [6.45, 7) is 22.9. The van der Waals surface area contributed by atoms with Gasteiger partial charge in [0.1, 0.15) is 0 Å². The van der Waals surface area contributed by atoms with Crippen LogP contribution in [-0.4, -0.2) is 0 Å². The first-order valence-corrected chi connectivity index (χ1v) is 13.1. The molecule has 0 aromatic heterocycles. The topological polar surface area (TPSA) is 0 Å². The molecule has 1 unspecified atom stereocenters. The van der Waals surface area contributed by atoms with E-state index < -0.39 is 0 Å². The zero-order valence-electron chi connectivity index (χ0n) is 22.4. The van der Waals surface area contributed by atoms with Crippen molar-refractivity contribution >= 4 is 0 Å². The molecule has 2 rings (SSSR count). The third kappa shape index (κ3) is 15.1. The summed E-state index contributed by atoms with van der Waals surface area (Å²) in [7, 11) is 0. The molecular weight excluding hydrogens is 360 g/mol. The molecule has 0 saturated heterocycles. The van der Waals surface area contributed by atoms with Gasteiger partial charge in [-0.25, -0.2) is 0 Å². The molecule has 1 aromatic rings. The second kappa shape index (κ2) is 16.9. The van der Waals surface area contributed by atoms with Gasteiger partial charge < -0.3 is 0 Å². The first-order valence-electron chi connectivity index (χ1n) is 13.1. The van der Waals surface area contributed by atoms with Gasteiger partial charge in [-0.1, -0.05) is 131 Å². The third-order valence-corrected chi connectivity index (χ3v) is 6.92. The fourth-order valence-electron chi connectivity index (χ4n) is 3.98. The van der Waals surface area contributed by atoms with Gasteiger partial charge in [-0.3, -0.25) is 0 Å². The Morgan fingerprint density at radius 3 is 1.73 bits per heavy atom. The quantitative estimate of drug-likeness (QED) is 0.414. The lowest BCUT2D eigenvalue weighted by atomic mass is 9.78. The van der Waals surface area contributed by atoms with E-state index in [4.69, 9.17) is 0 Å². The van der Waals surface area contributed by atoms with E-state index in [1.807, 2.05) is 0 Å². The van der Waals surface area contributed by atoms with Crippen molar-refractivity contribution in [3.05, 3.63) is 35.4 Å². The van der Waals surface area contributed by atoms with Crippen molar-refractivity contribution in [3.63, 3.8) is 0 Å². The highest BCUT2D eigenvalue weighted by atomic mass is 14.3. The van der Waals surface area contributed by atoms with Gasteiger partial charge in [0.05, 0.1) is 0 Å². The van der Waals surface area contributed by atoms with Gasteiger partial charge in [0.2, 0.25) is 0 Å². The van der Waals surface area contributed by atoms with Crippen LogP contribution < -0.4 is 0 Å². The van der Waals surface area contributed by atoms with E-state index in [2.05, 4.69) is 93.5 Å². The second-order valence-electron chi connectivity index (χ2n) is 11.2. The van der Waals surface area contributed by atoms with Crippen LogP contribution in [0.15, 0.2) is 24.3 Å². The molecule has 1 atom stereocenters. The van der Waals surface area contributed by atoms with Crippen LogP contribution in [0.4, 0.5) is 0 Å². The van der Waals surface area contributed by atoms with Gasteiger partial charge in [-0.05, 0) is 60.8 Å². The maximum absolute atomic E-state index is 2.39. The molecular formula is C30H56. The van der Waals surface area contributed by atoms with Crippen LogP contribution in [0.3, 0.4) is 0 Å². The van der Waals surface area contributed by atoms with Gasteiger partial charge in [0.25, 0.3) is 0 Å². The molecule has 0 amide bonds. The molecule has 30 heavy (non-hydrogen) atoms. The molecule has 0 nitrogen and oxygen atoms in total. The van der Waals surface area contributed by atoms with E-state index >= 15 is 0 Å². The van der Waals surface area contributed by atoms with Gasteiger partial charge >= 0.3 is 0 Å². The molecule has 1 saturated carbocycles.